The minimum Gasteiger partial charge on any atom is -0.341 e. The highest BCUT2D eigenvalue weighted by Crippen LogP contribution is 2.25. The van der Waals surface area contributed by atoms with Gasteiger partial charge in [-0.15, -0.1) is 0 Å². The van der Waals surface area contributed by atoms with Gasteiger partial charge in [-0.25, -0.2) is 8.42 Å². The van der Waals surface area contributed by atoms with Crippen LogP contribution in [-0.2, 0) is 14.8 Å². The topological polar surface area (TPSA) is 57.7 Å². The van der Waals surface area contributed by atoms with Crippen LogP contribution in [0.1, 0.15) is 25.3 Å². The standard InChI is InChI=1S/C16H23BrN2O3S/c1-12-5-4-8-18(10-12)16(20)11-19(23(3,21)22)14-6-7-15(17)13(2)9-14/h6-7,9,12H,4-5,8,10-11H2,1-3H3. The number of hydrogen-bond acceptors (Lipinski definition) is 3. The van der Waals surface area contributed by atoms with Gasteiger partial charge in [-0.3, -0.25) is 9.10 Å². The number of halogens is 1. The van der Waals surface area contributed by atoms with Crippen molar-refractivity contribution >= 4 is 37.5 Å². The molecule has 0 radical (unpaired) electrons. The third-order valence-corrected chi connectivity index (χ3v) is 6.15. The first-order chi connectivity index (χ1) is 10.7. The molecule has 1 aromatic carbocycles. The molecule has 1 unspecified atom stereocenters. The lowest BCUT2D eigenvalue weighted by atomic mass is 10.0. The Morgan fingerprint density at radius 3 is 2.70 bits per heavy atom. The van der Waals surface area contributed by atoms with E-state index in [9.17, 15) is 13.2 Å². The van der Waals surface area contributed by atoms with E-state index in [1.54, 1.807) is 23.1 Å². The second-order valence-electron chi connectivity index (χ2n) is 6.29. The van der Waals surface area contributed by atoms with Gasteiger partial charge < -0.3 is 4.90 Å². The van der Waals surface area contributed by atoms with Crippen LogP contribution >= 0.6 is 15.9 Å². The highest BCUT2D eigenvalue weighted by Gasteiger charge is 2.26. The van der Waals surface area contributed by atoms with Crippen LogP contribution in [0.25, 0.3) is 0 Å². The largest absolute Gasteiger partial charge is 0.341 e. The predicted molar refractivity (Wildman–Crippen MR) is 96.0 cm³/mol. The molecule has 0 spiro atoms. The van der Waals surface area contributed by atoms with Gasteiger partial charge in [0.05, 0.1) is 11.9 Å². The lowest BCUT2D eigenvalue weighted by molar-refractivity contribution is -0.131. The minimum absolute atomic E-state index is 0.137. The third kappa shape index (κ3) is 4.70. The van der Waals surface area contributed by atoms with E-state index < -0.39 is 10.0 Å². The van der Waals surface area contributed by atoms with Gasteiger partial charge in [0.2, 0.25) is 15.9 Å². The summed E-state index contributed by atoms with van der Waals surface area (Å²) < 4.78 is 26.4. The maximum absolute atomic E-state index is 12.5. The van der Waals surface area contributed by atoms with Crippen LogP contribution in [0.15, 0.2) is 22.7 Å². The molecule has 0 aromatic heterocycles. The SMILES string of the molecule is Cc1cc(N(CC(=O)N2CCCC(C)C2)S(C)(=O)=O)ccc1Br. The smallest absolute Gasteiger partial charge is 0.243 e. The Bertz CT molecular complexity index is 691. The average Bonchev–Trinajstić information content (AvgIpc) is 2.46. The van der Waals surface area contributed by atoms with Crippen molar-refractivity contribution < 1.29 is 13.2 Å². The van der Waals surface area contributed by atoms with Crippen LogP contribution in [0, 0.1) is 12.8 Å². The molecule has 2 rings (SSSR count). The fourth-order valence-corrected chi connectivity index (χ4v) is 3.91. The molecule has 0 N–H and O–H groups in total. The van der Waals surface area contributed by atoms with Crippen molar-refractivity contribution in [1.29, 1.82) is 0 Å². The van der Waals surface area contributed by atoms with E-state index in [0.29, 0.717) is 24.7 Å². The molecule has 23 heavy (non-hydrogen) atoms. The second-order valence-corrected chi connectivity index (χ2v) is 9.05. The van der Waals surface area contributed by atoms with Gasteiger partial charge in [0, 0.05) is 17.6 Å². The summed E-state index contributed by atoms with van der Waals surface area (Å²) in [5.74, 6) is 0.330. The number of carbonyl (C=O) groups is 1. The van der Waals surface area contributed by atoms with E-state index >= 15 is 0 Å². The summed E-state index contributed by atoms with van der Waals surface area (Å²) in [5, 5.41) is 0. The third-order valence-electron chi connectivity index (χ3n) is 4.12. The molecule has 1 aliphatic heterocycles. The van der Waals surface area contributed by atoms with Gasteiger partial charge in [0.15, 0.2) is 0 Å². The van der Waals surface area contributed by atoms with E-state index in [1.807, 2.05) is 6.92 Å². The molecule has 1 heterocycles. The number of carbonyl (C=O) groups excluding carboxylic acids is 1. The lowest BCUT2D eigenvalue weighted by Crippen LogP contribution is -2.46. The molecule has 0 aliphatic carbocycles. The van der Waals surface area contributed by atoms with Crippen molar-refractivity contribution in [2.24, 2.45) is 5.92 Å². The molecule has 5 nitrogen and oxygen atoms in total. The first-order valence-electron chi connectivity index (χ1n) is 7.70. The Morgan fingerprint density at radius 2 is 2.13 bits per heavy atom. The molecule has 0 bridgehead atoms. The molecule has 1 atom stereocenters. The maximum Gasteiger partial charge on any atom is 0.243 e. The Morgan fingerprint density at radius 1 is 1.43 bits per heavy atom. The minimum atomic E-state index is -3.52. The van der Waals surface area contributed by atoms with Crippen LogP contribution in [0.5, 0.6) is 0 Å². The van der Waals surface area contributed by atoms with Crippen molar-refractivity contribution in [3.8, 4) is 0 Å². The van der Waals surface area contributed by atoms with Crippen molar-refractivity contribution in [1.82, 2.24) is 4.90 Å². The molecule has 1 fully saturated rings. The van der Waals surface area contributed by atoms with E-state index in [2.05, 4.69) is 22.9 Å². The number of piperidine rings is 1. The van der Waals surface area contributed by atoms with Crippen LogP contribution in [0.2, 0.25) is 0 Å². The van der Waals surface area contributed by atoms with Crippen LogP contribution in [-0.4, -0.2) is 45.1 Å². The average molecular weight is 403 g/mol. The van der Waals surface area contributed by atoms with Crippen LogP contribution < -0.4 is 4.31 Å². The van der Waals surface area contributed by atoms with E-state index in [4.69, 9.17) is 0 Å². The molecular weight excluding hydrogens is 380 g/mol. The zero-order chi connectivity index (χ0) is 17.2. The Balaban J connectivity index is 2.22. The number of nitrogens with zero attached hydrogens (tertiary/aromatic N) is 2. The molecule has 7 heteroatoms. The second kappa shape index (κ2) is 7.21. The van der Waals surface area contributed by atoms with Crippen molar-refractivity contribution in [2.75, 3.05) is 30.2 Å². The fourth-order valence-electron chi connectivity index (χ4n) is 2.82. The van der Waals surface area contributed by atoms with Crippen molar-refractivity contribution in [3.63, 3.8) is 0 Å². The van der Waals surface area contributed by atoms with Gasteiger partial charge in [0.25, 0.3) is 0 Å². The fraction of sp³-hybridized carbons (Fsp3) is 0.562. The summed E-state index contributed by atoms with van der Waals surface area (Å²) in [7, 11) is -3.52. The number of benzene rings is 1. The van der Waals surface area contributed by atoms with Crippen LogP contribution in [0.4, 0.5) is 5.69 Å². The summed E-state index contributed by atoms with van der Waals surface area (Å²) in [6, 6.07) is 5.29. The number of anilines is 1. The molecule has 1 saturated heterocycles. The monoisotopic (exact) mass is 402 g/mol. The molecule has 1 amide bonds. The predicted octanol–water partition coefficient (Wildman–Crippen LogP) is 2.78. The first kappa shape index (κ1) is 18.3. The van der Waals surface area contributed by atoms with E-state index in [-0.39, 0.29) is 12.5 Å². The number of amides is 1. The van der Waals surface area contributed by atoms with Crippen LogP contribution in [0.3, 0.4) is 0 Å². The van der Waals surface area contributed by atoms with Gasteiger partial charge in [-0.2, -0.15) is 0 Å². The number of aryl methyl sites for hydroxylation is 1. The zero-order valence-corrected chi connectivity index (χ0v) is 16.2. The van der Waals surface area contributed by atoms with Gasteiger partial charge >= 0.3 is 0 Å². The maximum atomic E-state index is 12.5. The zero-order valence-electron chi connectivity index (χ0n) is 13.8. The normalized spacial score (nSPS) is 18.8. The van der Waals surface area contributed by atoms with Gasteiger partial charge in [-0.1, -0.05) is 22.9 Å². The van der Waals surface area contributed by atoms with Gasteiger partial charge in [0.1, 0.15) is 6.54 Å². The quantitative estimate of drug-likeness (QED) is 0.777. The highest BCUT2D eigenvalue weighted by molar-refractivity contribution is 9.10. The molecule has 1 aliphatic rings. The summed E-state index contributed by atoms with van der Waals surface area (Å²) in [5.41, 5.74) is 1.45. The molecular formula is C16H23BrN2O3S. The summed E-state index contributed by atoms with van der Waals surface area (Å²) >= 11 is 3.41. The Labute approximate surface area is 146 Å². The van der Waals surface area contributed by atoms with E-state index in [0.717, 1.165) is 29.1 Å². The number of rotatable bonds is 4. The lowest BCUT2D eigenvalue weighted by Gasteiger charge is -2.33. The molecule has 0 saturated carbocycles. The first-order valence-corrected chi connectivity index (χ1v) is 10.3. The molecule has 1 aromatic rings. The number of likely N-dealkylation sites (tertiary alicyclic amines) is 1. The number of hydrogen-bond donors (Lipinski definition) is 0. The summed E-state index contributed by atoms with van der Waals surface area (Å²) in [6.07, 6.45) is 3.23. The summed E-state index contributed by atoms with van der Waals surface area (Å²) in [6.45, 7) is 5.27. The highest BCUT2D eigenvalue weighted by atomic mass is 79.9. The number of sulfonamides is 1. The Kier molecular flexibility index (Phi) is 5.73. The van der Waals surface area contributed by atoms with E-state index in [1.165, 1.54) is 4.31 Å². The van der Waals surface area contributed by atoms with Crippen molar-refractivity contribution in [2.45, 2.75) is 26.7 Å². The van der Waals surface area contributed by atoms with Crippen molar-refractivity contribution in [3.05, 3.63) is 28.2 Å². The Hall–Kier alpha value is -1.08. The molecule has 128 valence electrons. The summed E-state index contributed by atoms with van der Waals surface area (Å²) in [4.78, 5) is 14.3. The van der Waals surface area contributed by atoms with Gasteiger partial charge in [-0.05, 0) is 49.4 Å².